The van der Waals surface area contributed by atoms with Gasteiger partial charge in [-0.2, -0.15) is 0 Å². The zero-order valence-electron chi connectivity index (χ0n) is 9.49. The molecule has 0 aromatic rings. The first-order chi connectivity index (χ1) is 7.66. The van der Waals surface area contributed by atoms with Gasteiger partial charge in [-0.1, -0.05) is 11.6 Å². The minimum atomic E-state index is 0.259. The lowest BCUT2D eigenvalue weighted by atomic mass is 10.2. The quantitative estimate of drug-likeness (QED) is 0.659. The zero-order chi connectivity index (χ0) is 11.5. The summed E-state index contributed by atoms with van der Waals surface area (Å²) in [6, 6.07) is 0.561. The van der Waals surface area contributed by atoms with Gasteiger partial charge >= 0.3 is 0 Å². The van der Waals surface area contributed by atoms with Gasteiger partial charge in [0.15, 0.2) is 0 Å². The highest BCUT2D eigenvalue weighted by atomic mass is 35.5. The Kier molecular flexibility index (Phi) is 3.49. The van der Waals surface area contributed by atoms with Crippen molar-refractivity contribution >= 4 is 23.4 Å². The average molecular weight is 241 g/mol. The van der Waals surface area contributed by atoms with Crippen molar-refractivity contribution in [3.63, 3.8) is 0 Å². The number of likely N-dealkylation sites (tertiary alicyclic amines) is 1. The predicted octanol–water partition coefficient (Wildman–Crippen LogP) is 2.06. The summed E-state index contributed by atoms with van der Waals surface area (Å²) >= 11 is 5.84. The number of hydrogen-bond donors (Lipinski definition) is 1. The number of aliphatic imine (C=N–C) groups is 2. The van der Waals surface area contributed by atoms with E-state index in [9.17, 15) is 0 Å². The monoisotopic (exact) mass is 240 g/mol. The maximum atomic E-state index is 5.84. The van der Waals surface area contributed by atoms with Crippen molar-refractivity contribution in [1.82, 2.24) is 4.90 Å². The number of halogens is 1. The third-order valence-electron chi connectivity index (χ3n) is 3.03. The van der Waals surface area contributed by atoms with E-state index in [1.807, 2.05) is 6.08 Å². The van der Waals surface area contributed by atoms with Crippen LogP contribution >= 0.6 is 11.6 Å². The highest BCUT2D eigenvalue weighted by Crippen LogP contribution is 2.20. The molecule has 1 saturated heterocycles. The fraction of sp³-hybridized carbons (Fsp3) is 0.636. The molecule has 4 nitrogen and oxygen atoms in total. The van der Waals surface area contributed by atoms with Gasteiger partial charge in [0.05, 0.1) is 0 Å². The first-order valence-corrected chi connectivity index (χ1v) is 6.08. The molecular weight excluding hydrogens is 224 g/mol. The molecule has 2 N–H and O–H groups in total. The summed E-state index contributed by atoms with van der Waals surface area (Å²) in [6.07, 6.45) is 6.11. The molecule has 2 aliphatic heterocycles. The number of amidine groups is 1. The number of guanidine groups is 1. The molecule has 0 aliphatic carbocycles. The lowest BCUT2D eigenvalue weighted by Gasteiger charge is -2.25. The second-order valence-corrected chi connectivity index (χ2v) is 4.64. The highest BCUT2D eigenvalue weighted by Gasteiger charge is 2.23. The Labute approximate surface area is 101 Å². The molecule has 2 heterocycles. The Morgan fingerprint density at radius 2 is 2.31 bits per heavy atom. The van der Waals surface area contributed by atoms with Gasteiger partial charge < -0.3 is 10.6 Å². The van der Waals surface area contributed by atoms with Crippen LogP contribution in [-0.2, 0) is 0 Å². The van der Waals surface area contributed by atoms with Crippen LogP contribution in [0.15, 0.2) is 21.2 Å². The van der Waals surface area contributed by atoms with Crippen LogP contribution in [0.2, 0.25) is 0 Å². The molecule has 88 valence electrons. The van der Waals surface area contributed by atoms with Crippen molar-refractivity contribution in [2.45, 2.75) is 38.6 Å². The Balaban J connectivity index is 2.19. The van der Waals surface area contributed by atoms with E-state index in [0.717, 1.165) is 25.2 Å². The largest absolute Gasteiger partial charge is 0.368 e. The third-order valence-corrected chi connectivity index (χ3v) is 3.27. The number of nitrogens with two attached hydrogens (primary N) is 1. The highest BCUT2D eigenvalue weighted by molar-refractivity contribution is 6.30. The smallest absolute Gasteiger partial charge is 0.223 e. The van der Waals surface area contributed by atoms with E-state index < -0.39 is 0 Å². The van der Waals surface area contributed by atoms with Gasteiger partial charge in [0.1, 0.15) is 11.0 Å². The fourth-order valence-electron chi connectivity index (χ4n) is 2.21. The van der Waals surface area contributed by atoms with Gasteiger partial charge in [-0.15, -0.1) is 0 Å². The molecule has 1 atom stereocenters. The molecule has 16 heavy (non-hydrogen) atoms. The standard InChI is InChI=1S/C11H17ClN4/c1-8-4-3-7-16(8)10-6-2-5-9(12)14-11(13)15-10/h5,8H,2-4,6-7H2,1H3,(H2,13,14)/b9-5-,15-10?. The summed E-state index contributed by atoms with van der Waals surface area (Å²) in [7, 11) is 0. The first kappa shape index (κ1) is 11.5. The molecular formula is C11H17ClN4. The van der Waals surface area contributed by atoms with Crippen molar-refractivity contribution in [3.8, 4) is 0 Å². The van der Waals surface area contributed by atoms with E-state index in [0.29, 0.717) is 11.2 Å². The van der Waals surface area contributed by atoms with Crippen LogP contribution in [0.1, 0.15) is 32.6 Å². The van der Waals surface area contributed by atoms with Crippen LogP contribution in [0.5, 0.6) is 0 Å². The topological polar surface area (TPSA) is 54.0 Å². The van der Waals surface area contributed by atoms with Crippen molar-refractivity contribution in [3.05, 3.63) is 11.2 Å². The normalized spacial score (nSPS) is 30.0. The van der Waals surface area contributed by atoms with Crippen molar-refractivity contribution in [1.29, 1.82) is 0 Å². The van der Waals surface area contributed by atoms with E-state index >= 15 is 0 Å². The lowest BCUT2D eigenvalue weighted by molar-refractivity contribution is 0.406. The first-order valence-electron chi connectivity index (χ1n) is 5.71. The van der Waals surface area contributed by atoms with Crippen molar-refractivity contribution in [2.24, 2.45) is 15.7 Å². The van der Waals surface area contributed by atoms with Crippen LogP contribution in [0.4, 0.5) is 0 Å². The number of allylic oxidation sites excluding steroid dienone is 1. The molecule has 1 unspecified atom stereocenters. The lowest BCUT2D eigenvalue weighted by Crippen LogP contribution is -2.35. The summed E-state index contributed by atoms with van der Waals surface area (Å²) in [4.78, 5) is 10.7. The summed E-state index contributed by atoms with van der Waals surface area (Å²) in [5, 5.41) is 0.440. The molecule has 0 radical (unpaired) electrons. The maximum Gasteiger partial charge on any atom is 0.223 e. The van der Waals surface area contributed by atoms with Gasteiger partial charge in [-0.3, -0.25) is 0 Å². The van der Waals surface area contributed by atoms with E-state index in [-0.39, 0.29) is 5.96 Å². The molecule has 5 heteroatoms. The number of nitrogens with zero attached hydrogens (tertiary/aromatic N) is 3. The van der Waals surface area contributed by atoms with E-state index in [1.165, 1.54) is 12.8 Å². The second kappa shape index (κ2) is 4.87. The molecule has 0 aromatic carbocycles. The molecule has 2 rings (SSSR count). The Morgan fingerprint density at radius 1 is 1.50 bits per heavy atom. The molecule has 0 bridgehead atoms. The summed E-state index contributed by atoms with van der Waals surface area (Å²) in [5.41, 5.74) is 5.71. The summed E-state index contributed by atoms with van der Waals surface area (Å²) in [6.45, 7) is 3.30. The minimum absolute atomic E-state index is 0.259. The number of rotatable bonds is 0. The SMILES string of the molecule is CC1CCCN1C1=NC(N)=N/C(Cl)=C\CC1. The molecule has 0 amide bonds. The second-order valence-electron chi connectivity index (χ2n) is 4.25. The molecule has 2 aliphatic rings. The van der Waals surface area contributed by atoms with Gasteiger partial charge in [-0.05, 0) is 32.3 Å². The van der Waals surface area contributed by atoms with Gasteiger partial charge in [-0.25, -0.2) is 9.98 Å². The van der Waals surface area contributed by atoms with Crippen LogP contribution in [0.3, 0.4) is 0 Å². The summed E-state index contributed by atoms with van der Waals surface area (Å²) < 4.78 is 0. The van der Waals surface area contributed by atoms with Crippen LogP contribution in [0, 0.1) is 0 Å². The van der Waals surface area contributed by atoms with E-state index in [2.05, 4.69) is 21.8 Å². The number of hydrogen-bond acceptors (Lipinski definition) is 4. The van der Waals surface area contributed by atoms with Gasteiger partial charge in [0.25, 0.3) is 0 Å². The van der Waals surface area contributed by atoms with Crippen LogP contribution in [-0.4, -0.2) is 29.3 Å². The zero-order valence-corrected chi connectivity index (χ0v) is 10.2. The Hall–Kier alpha value is -1.03. The van der Waals surface area contributed by atoms with Crippen LogP contribution in [0.25, 0.3) is 0 Å². The molecule has 1 fully saturated rings. The predicted molar refractivity (Wildman–Crippen MR) is 67.6 cm³/mol. The van der Waals surface area contributed by atoms with Gasteiger partial charge in [0.2, 0.25) is 5.96 Å². The van der Waals surface area contributed by atoms with E-state index in [1.54, 1.807) is 0 Å². The third kappa shape index (κ3) is 2.55. The summed E-state index contributed by atoms with van der Waals surface area (Å²) in [5.74, 6) is 1.31. The Bertz CT molecular complexity index is 359. The maximum absolute atomic E-state index is 5.84. The van der Waals surface area contributed by atoms with Crippen molar-refractivity contribution in [2.75, 3.05) is 6.54 Å². The molecule has 0 aromatic heterocycles. The van der Waals surface area contributed by atoms with Gasteiger partial charge in [0, 0.05) is 19.0 Å². The Morgan fingerprint density at radius 3 is 3.00 bits per heavy atom. The molecule has 0 spiro atoms. The molecule has 0 saturated carbocycles. The fourth-order valence-corrected chi connectivity index (χ4v) is 2.41. The minimum Gasteiger partial charge on any atom is -0.368 e. The van der Waals surface area contributed by atoms with E-state index in [4.69, 9.17) is 17.3 Å². The van der Waals surface area contributed by atoms with Crippen LogP contribution < -0.4 is 5.73 Å². The van der Waals surface area contributed by atoms with Crippen molar-refractivity contribution < 1.29 is 0 Å². The average Bonchev–Trinajstić information content (AvgIpc) is 2.60.